The van der Waals surface area contributed by atoms with Crippen molar-refractivity contribution >= 4 is 40.7 Å². The number of amides is 3. The Kier molecular flexibility index (Phi) is 6.83. The molecule has 0 fully saturated rings. The van der Waals surface area contributed by atoms with Crippen LogP contribution >= 0.6 is 11.3 Å². The topological polar surface area (TPSA) is 152 Å². The maximum absolute atomic E-state index is 13.0. The normalized spacial score (nSPS) is 14.3. The zero-order chi connectivity index (χ0) is 25.2. The molecule has 0 aliphatic carbocycles. The quantitative estimate of drug-likeness (QED) is 0.489. The molecule has 4 heterocycles. The molecule has 0 bridgehead atoms. The first kappa shape index (κ1) is 24.3. The summed E-state index contributed by atoms with van der Waals surface area (Å²) in [7, 11) is 0. The molecule has 1 aliphatic rings. The SMILES string of the molecule is CC(NC(=O)c1ncnc2c1CCCC(=O)N2)c1ncc(C(=O)Nc2cc(C(C)(C)C)ncn2)s1. The average molecular weight is 495 g/mol. The fraction of sp³-hybridized carbons (Fsp3) is 0.391. The summed E-state index contributed by atoms with van der Waals surface area (Å²) in [6.45, 7) is 7.86. The molecule has 3 N–H and O–H groups in total. The summed E-state index contributed by atoms with van der Waals surface area (Å²) in [6.07, 6.45) is 5.64. The number of carbonyl (C=O) groups excluding carboxylic acids is 3. The maximum atomic E-state index is 13.0. The highest BCUT2D eigenvalue weighted by Crippen LogP contribution is 2.25. The Hall–Kier alpha value is -3.80. The Labute approximate surface area is 206 Å². The molecule has 35 heavy (non-hydrogen) atoms. The van der Waals surface area contributed by atoms with Crippen molar-refractivity contribution in [1.29, 1.82) is 0 Å². The van der Waals surface area contributed by atoms with Gasteiger partial charge in [-0.1, -0.05) is 20.8 Å². The summed E-state index contributed by atoms with van der Waals surface area (Å²) in [5.41, 5.74) is 1.46. The molecule has 3 amide bonds. The van der Waals surface area contributed by atoms with Crippen LogP contribution in [0.1, 0.15) is 83.0 Å². The van der Waals surface area contributed by atoms with E-state index in [4.69, 9.17) is 0 Å². The van der Waals surface area contributed by atoms with E-state index < -0.39 is 11.9 Å². The fourth-order valence-electron chi connectivity index (χ4n) is 3.51. The van der Waals surface area contributed by atoms with Gasteiger partial charge in [0.25, 0.3) is 11.8 Å². The van der Waals surface area contributed by atoms with Crippen molar-refractivity contribution in [3.63, 3.8) is 0 Å². The summed E-state index contributed by atoms with van der Waals surface area (Å²) >= 11 is 1.18. The Morgan fingerprint density at radius 3 is 2.60 bits per heavy atom. The smallest absolute Gasteiger partial charge is 0.270 e. The Morgan fingerprint density at radius 1 is 1.06 bits per heavy atom. The van der Waals surface area contributed by atoms with Gasteiger partial charge >= 0.3 is 0 Å². The molecule has 1 aliphatic heterocycles. The van der Waals surface area contributed by atoms with Gasteiger partial charge < -0.3 is 16.0 Å². The van der Waals surface area contributed by atoms with E-state index in [-0.39, 0.29) is 22.9 Å². The van der Waals surface area contributed by atoms with Gasteiger partial charge in [-0.3, -0.25) is 14.4 Å². The van der Waals surface area contributed by atoms with Crippen LogP contribution in [0.15, 0.2) is 24.9 Å². The zero-order valence-corrected chi connectivity index (χ0v) is 20.7. The zero-order valence-electron chi connectivity index (χ0n) is 19.9. The second-order valence-electron chi connectivity index (χ2n) is 9.20. The summed E-state index contributed by atoms with van der Waals surface area (Å²) in [5, 5.41) is 8.93. The minimum atomic E-state index is -0.466. The molecule has 0 saturated heterocycles. The standard InChI is InChI=1S/C23H26N8O3S/c1-12(29-21(34)18-13-6-5-7-17(32)31-19(13)28-11-27-18)22-24-9-14(35-22)20(33)30-16-8-15(23(2,3)4)25-10-26-16/h8-12H,5-7H2,1-4H3,(H,29,34)(H,25,26,30,33)(H,27,28,31,32). The molecule has 11 nitrogen and oxygen atoms in total. The van der Waals surface area contributed by atoms with E-state index in [9.17, 15) is 14.4 Å². The van der Waals surface area contributed by atoms with Crippen molar-refractivity contribution in [3.8, 4) is 0 Å². The van der Waals surface area contributed by atoms with E-state index in [1.54, 1.807) is 13.0 Å². The molecule has 12 heteroatoms. The number of carbonyl (C=O) groups is 3. The molecular formula is C23H26N8O3S. The van der Waals surface area contributed by atoms with Gasteiger partial charge in [-0.2, -0.15) is 0 Å². The lowest BCUT2D eigenvalue weighted by molar-refractivity contribution is -0.116. The maximum Gasteiger partial charge on any atom is 0.270 e. The highest BCUT2D eigenvalue weighted by atomic mass is 32.1. The van der Waals surface area contributed by atoms with Gasteiger partial charge in [-0.15, -0.1) is 11.3 Å². The highest BCUT2D eigenvalue weighted by molar-refractivity contribution is 7.13. The Morgan fingerprint density at radius 2 is 1.83 bits per heavy atom. The van der Waals surface area contributed by atoms with Crippen molar-refractivity contribution in [2.24, 2.45) is 0 Å². The minimum absolute atomic E-state index is 0.132. The fourth-order valence-corrected chi connectivity index (χ4v) is 4.32. The molecule has 3 aromatic heterocycles. The molecule has 0 radical (unpaired) electrons. The molecule has 3 aromatic rings. The van der Waals surface area contributed by atoms with Crippen molar-refractivity contribution < 1.29 is 14.4 Å². The van der Waals surface area contributed by atoms with E-state index in [1.807, 2.05) is 20.8 Å². The number of fused-ring (bicyclic) bond motifs is 1. The van der Waals surface area contributed by atoms with Crippen LogP contribution in [0, 0.1) is 0 Å². The van der Waals surface area contributed by atoms with Crippen LogP contribution in [0.3, 0.4) is 0 Å². The molecule has 1 atom stereocenters. The van der Waals surface area contributed by atoms with E-state index >= 15 is 0 Å². The average Bonchev–Trinajstić information content (AvgIpc) is 3.22. The third-order valence-corrected chi connectivity index (χ3v) is 6.57. The molecular weight excluding hydrogens is 468 g/mol. The van der Waals surface area contributed by atoms with Crippen LogP contribution < -0.4 is 16.0 Å². The van der Waals surface area contributed by atoms with Crippen molar-refractivity contribution in [1.82, 2.24) is 30.2 Å². The van der Waals surface area contributed by atoms with Crippen LogP contribution in [0.5, 0.6) is 0 Å². The Balaban J connectivity index is 1.44. The summed E-state index contributed by atoms with van der Waals surface area (Å²) < 4.78 is 0. The number of hydrogen-bond donors (Lipinski definition) is 3. The number of anilines is 2. The second-order valence-corrected chi connectivity index (χ2v) is 10.3. The molecule has 1 unspecified atom stereocenters. The van der Waals surface area contributed by atoms with E-state index in [1.165, 1.54) is 30.2 Å². The minimum Gasteiger partial charge on any atom is -0.342 e. The molecule has 182 valence electrons. The predicted molar refractivity (Wildman–Crippen MR) is 130 cm³/mol. The number of rotatable bonds is 5. The van der Waals surface area contributed by atoms with Gasteiger partial charge in [0.1, 0.15) is 39.9 Å². The first-order chi connectivity index (χ1) is 16.6. The van der Waals surface area contributed by atoms with Crippen molar-refractivity contribution in [3.05, 3.63) is 51.8 Å². The molecule has 0 spiro atoms. The van der Waals surface area contributed by atoms with Crippen LogP contribution in [0.25, 0.3) is 0 Å². The van der Waals surface area contributed by atoms with E-state index in [0.29, 0.717) is 46.3 Å². The van der Waals surface area contributed by atoms with Crippen LogP contribution in [-0.4, -0.2) is 42.6 Å². The van der Waals surface area contributed by atoms with E-state index in [0.717, 1.165) is 5.69 Å². The molecule has 4 rings (SSSR count). The Bertz CT molecular complexity index is 1280. The number of hydrogen-bond acceptors (Lipinski definition) is 9. The number of aromatic nitrogens is 5. The van der Waals surface area contributed by atoms with Crippen LogP contribution in [0.2, 0.25) is 0 Å². The third-order valence-electron chi connectivity index (χ3n) is 5.39. The lowest BCUT2D eigenvalue weighted by Crippen LogP contribution is -2.29. The second kappa shape index (κ2) is 9.82. The van der Waals surface area contributed by atoms with E-state index in [2.05, 4.69) is 40.9 Å². The third kappa shape index (κ3) is 5.65. The first-order valence-corrected chi connectivity index (χ1v) is 12.0. The van der Waals surface area contributed by atoms with Gasteiger partial charge in [0, 0.05) is 23.5 Å². The highest BCUT2D eigenvalue weighted by Gasteiger charge is 2.24. The van der Waals surface area contributed by atoms with Crippen LogP contribution in [0.4, 0.5) is 11.6 Å². The number of nitrogens with one attached hydrogen (secondary N) is 3. The largest absolute Gasteiger partial charge is 0.342 e. The molecule has 0 aromatic carbocycles. The predicted octanol–water partition coefficient (Wildman–Crippen LogP) is 3.04. The number of nitrogens with zero attached hydrogens (tertiary/aromatic N) is 5. The summed E-state index contributed by atoms with van der Waals surface area (Å²) in [4.78, 5) is 58.8. The van der Waals surface area contributed by atoms with Crippen LogP contribution in [-0.2, 0) is 16.6 Å². The van der Waals surface area contributed by atoms with Gasteiger partial charge in [0.05, 0.1) is 17.9 Å². The van der Waals surface area contributed by atoms with Gasteiger partial charge in [-0.25, -0.2) is 24.9 Å². The van der Waals surface area contributed by atoms with Gasteiger partial charge in [0.15, 0.2) is 0 Å². The monoisotopic (exact) mass is 494 g/mol. The lowest BCUT2D eigenvalue weighted by Gasteiger charge is -2.17. The first-order valence-electron chi connectivity index (χ1n) is 11.2. The summed E-state index contributed by atoms with van der Waals surface area (Å²) in [6, 6.07) is 1.28. The van der Waals surface area contributed by atoms with Gasteiger partial charge in [0.2, 0.25) is 5.91 Å². The molecule has 0 saturated carbocycles. The van der Waals surface area contributed by atoms with Crippen molar-refractivity contribution in [2.75, 3.05) is 10.6 Å². The van der Waals surface area contributed by atoms with Gasteiger partial charge in [-0.05, 0) is 19.8 Å². The summed E-state index contributed by atoms with van der Waals surface area (Å²) in [5.74, 6) is -0.102. The number of thiazole rings is 1. The van der Waals surface area contributed by atoms with Crippen molar-refractivity contribution in [2.45, 2.75) is 58.4 Å². The lowest BCUT2D eigenvalue weighted by atomic mass is 9.92.